The van der Waals surface area contributed by atoms with E-state index in [4.69, 9.17) is 30.2 Å². The molecule has 0 bridgehead atoms. The Kier molecular flexibility index (Phi) is 11.6. The smallest absolute Gasteiger partial charge is 1.00 e. The Labute approximate surface area is 141 Å². The molecule has 0 heterocycles. The summed E-state index contributed by atoms with van der Waals surface area (Å²) in [5.74, 6) is 0. The van der Waals surface area contributed by atoms with Gasteiger partial charge in [0.2, 0.25) is 0 Å². The maximum atomic E-state index is 10.2. The number of phosphoric ester groups is 1. The van der Waals surface area contributed by atoms with Gasteiger partial charge in [-0.15, -0.1) is 0 Å². The second-order valence-corrected chi connectivity index (χ2v) is 4.32. The molecule has 0 aliphatic heterocycles. The minimum Gasteiger partial charge on any atom is -1.00 e. The fourth-order valence-electron chi connectivity index (χ4n) is 0.835. The van der Waals surface area contributed by atoms with Gasteiger partial charge in [-0.25, -0.2) is 4.57 Å². The second-order valence-electron chi connectivity index (χ2n) is 3.08. The van der Waals surface area contributed by atoms with Crippen molar-refractivity contribution in [2.24, 2.45) is 0 Å². The first-order chi connectivity index (χ1) is 7.19. The van der Waals surface area contributed by atoms with Crippen molar-refractivity contribution in [2.75, 3.05) is 13.2 Å². The molecule has 4 atom stereocenters. The predicted molar refractivity (Wildman–Crippen MR) is 50.2 cm³/mol. The van der Waals surface area contributed by atoms with Crippen molar-refractivity contribution in [3.8, 4) is 0 Å². The van der Waals surface area contributed by atoms with E-state index in [9.17, 15) is 9.67 Å². The summed E-state index contributed by atoms with van der Waals surface area (Å²) in [5, 5.41) is 44.8. The second kappa shape index (κ2) is 9.45. The van der Waals surface area contributed by atoms with Gasteiger partial charge in [0.1, 0.15) is 24.4 Å². The zero-order chi connectivity index (χ0) is 12.9. The van der Waals surface area contributed by atoms with Crippen LogP contribution in [0.3, 0.4) is 0 Å². The van der Waals surface area contributed by atoms with Gasteiger partial charge in [-0.1, -0.05) is 0 Å². The molecule has 0 fully saturated rings. The number of rotatable bonds is 7. The summed E-state index contributed by atoms with van der Waals surface area (Å²) < 4.78 is 14.1. The van der Waals surface area contributed by atoms with E-state index in [1.54, 1.807) is 0 Å². The Balaban J connectivity index is -0.00000112. The van der Waals surface area contributed by atoms with E-state index in [2.05, 4.69) is 4.52 Å². The van der Waals surface area contributed by atoms with Crippen molar-refractivity contribution in [1.82, 2.24) is 0 Å². The molecule has 0 aromatic carbocycles. The molecule has 17 heavy (non-hydrogen) atoms. The molecule has 0 amide bonds. The van der Waals surface area contributed by atoms with Crippen LogP contribution in [0, 0.1) is 0 Å². The molecule has 100 valence electrons. The van der Waals surface area contributed by atoms with E-state index >= 15 is 0 Å². The molecule has 0 rings (SSSR count). The van der Waals surface area contributed by atoms with Crippen molar-refractivity contribution in [3.05, 3.63) is 0 Å². The average Bonchev–Trinajstić information content (AvgIpc) is 2.21. The topological polar surface area (TPSA) is 168 Å². The van der Waals surface area contributed by atoms with Crippen LogP contribution in [0.2, 0.25) is 0 Å². The van der Waals surface area contributed by atoms with Gasteiger partial charge in [0.05, 0.1) is 13.2 Å². The standard InChI is InChI=1S/C6H15O9P.K.H/c7-1-3(8)5(10)6(11)4(9)2-15-16(12,13)14;;/h3-11H,1-2H2,(H2,12,13,14);;/q;+1;-1/t3-,4-,5-,6-;;/m1../s1. The number of phosphoric acid groups is 1. The molecule has 0 saturated carbocycles. The SMILES string of the molecule is O=P(O)(O)OC[C@@H](O)[C@@H](O)[C@H](O)[C@H](O)CO.[H-].[K+]. The van der Waals surface area contributed by atoms with Gasteiger partial charge in [0.15, 0.2) is 0 Å². The quantitative estimate of drug-likeness (QED) is 0.179. The molecule has 0 aliphatic carbocycles. The van der Waals surface area contributed by atoms with Gasteiger partial charge >= 0.3 is 59.2 Å². The monoisotopic (exact) mass is 302 g/mol. The van der Waals surface area contributed by atoms with Crippen molar-refractivity contribution in [2.45, 2.75) is 24.4 Å². The van der Waals surface area contributed by atoms with Gasteiger partial charge in [-0.3, -0.25) is 4.52 Å². The fourth-order valence-corrected chi connectivity index (χ4v) is 1.18. The van der Waals surface area contributed by atoms with Gasteiger partial charge in [-0.05, 0) is 0 Å². The molecule has 0 saturated heterocycles. The number of aliphatic hydroxyl groups is 5. The largest absolute Gasteiger partial charge is 1.00 e. The average molecular weight is 302 g/mol. The van der Waals surface area contributed by atoms with Crippen LogP contribution in [0.15, 0.2) is 0 Å². The first-order valence-corrected chi connectivity index (χ1v) is 5.75. The molecule has 0 aromatic rings. The molecule has 0 aliphatic rings. The summed E-state index contributed by atoms with van der Waals surface area (Å²) in [6.45, 7) is -1.77. The van der Waals surface area contributed by atoms with Gasteiger partial charge < -0.3 is 36.7 Å². The van der Waals surface area contributed by atoms with Crippen LogP contribution >= 0.6 is 7.82 Å². The third-order valence-electron chi connectivity index (χ3n) is 1.74. The van der Waals surface area contributed by atoms with Crippen LogP contribution in [0.4, 0.5) is 0 Å². The maximum Gasteiger partial charge on any atom is 1.00 e. The summed E-state index contributed by atoms with van der Waals surface area (Å²) in [7, 11) is -4.78. The van der Waals surface area contributed by atoms with Crippen LogP contribution in [0.5, 0.6) is 0 Å². The van der Waals surface area contributed by atoms with E-state index in [1.165, 1.54) is 0 Å². The predicted octanol–water partition coefficient (Wildman–Crippen LogP) is -6.35. The molecule has 0 spiro atoms. The molecular weight excluding hydrogens is 286 g/mol. The number of aliphatic hydroxyl groups excluding tert-OH is 5. The summed E-state index contributed by atoms with van der Waals surface area (Å²) in [6, 6.07) is 0. The van der Waals surface area contributed by atoms with Gasteiger partial charge in [0, 0.05) is 0 Å². The Morgan fingerprint density at radius 1 is 1.06 bits per heavy atom. The van der Waals surface area contributed by atoms with Crippen molar-refractivity contribution < 1.29 is 97.2 Å². The maximum absolute atomic E-state index is 10.2. The molecular formula is C6H16KO9P. The Morgan fingerprint density at radius 2 is 1.47 bits per heavy atom. The van der Waals surface area contributed by atoms with E-state index in [0.29, 0.717) is 0 Å². The molecule has 9 nitrogen and oxygen atoms in total. The van der Waals surface area contributed by atoms with E-state index in [-0.39, 0.29) is 52.8 Å². The number of hydrogen-bond donors (Lipinski definition) is 7. The minimum atomic E-state index is -4.78. The van der Waals surface area contributed by atoms with E-state index in [1.807, 2.05) is 0 Å². The molecule has 0 radical (unpaired) electrons. The normalized spacial score (nSPS) is 19.0. The van der Waals surface area contributed by atoms with Gasteiger partial charge in [0.25, 0.3) is 0 Å². The fraction of sp³-hybridized carbons (Fsp3) is 1.00. The summed E-state index contributed by atoms with van der Waals surface area (Å²) >= 11 is 0. The summed E-state index contributed by atoms with van der Waals surface area (Å²) in [5.41, 5.74) is 0. The molecule has 0 aromatic heterocycles. The van der Waals surface area contributed by atoms with Crippen LogP contribution in [0.25, 0.3) is 0 Å². The van der Waals surface area contributed by atoms with Crippen molar-refractivity contribution >= 4 is 7.82 Å². The van der Waals surface area contributed by atoms with Crippen LogP contribution in [-0.4, -0.2) is 72.9 Å². The molecule has 0 unspecified atom stereocenters. The van der Waals surface area contributed by atoms with Crippen LogP contribution in [-0.2, 0) is 9.09 Å². The molecule has 11 heteroatoms. The first-order valence-electron chi connectivity index (χ1n) is 4.22. The first kappa shape index (κ1) is 20.9. The minimum absolute atomic E-state index is 0. The molecule has 7 N–H and O–H groups in total. The summed E-state index contributed by atoms with van der Waals surface area (Å²) in [6.07, 6.45) is -7.27. The third-order valence-corrected chi connectivity index (χ3v) is 2.22. The zero-order valence-electron chi connectivity index (χ0n) is 10.1. The Bertz CT molecular complexity index is 251. The van der Waals surface area contributed by atoms with Crippen molar-refractivity contribution in [3.63, 3.8) is 0 Å². The zero-order valence-corrected chi connectivity index (χ0v) is 13.1. The van der Waals surface area contributed by atoms with Gasteiger partial charge in [-0.2, -0.15) is 0 Å². The van der Waals surface area contributed by atoms with Crippen molar-refractivity contribution in [1.29, 1.82) is 0 Å². The Morgan fingerprint density at radius 3 is 1.82 bits per heavy atom. The summed E-state index contributed by atoms with van der Waals surface area (Å²) in [4.78, 5) is 16.6. The Hall–Kier alpha value is 1.55. The number of hydrogen-bond acceptors (Lipinski definition) is 7. The van der Waals surface area contributed by atoms with E-state index < -0.39 is 45.5 Å². The third kappa shape index (κ3) is 9.13. The van der Waals surface area contributed by atoms with Crippen LogP contribution in [0.1, 0.15) is 1.43 Å². The van der Waals surface area contributed by atoms with Crippen LogP contribution < -0.4 is 51.4 Å². The van der Waals surface area contributed by atoms with E-state index in [0.717, 1.165) is 0 Å².